The summed E-state index contributed by atoms with van der Waals surface area (Å²) in [6.07, 6.45) is 2.87. The molecule has 0 saturated heterocycles. The Morgan fingerprint density at radius 1 is 1.33 bits per heavy atom. The molecule has 2 aliphatic rings. The third kappa shape index (κ3) is 2.86. The van der Waals surface area contributed by atoms with Crippen LogP contribution in [0.3, 0.4) is 0 Å². The molecule has 1 fully saturated rings. The van der Waals surface area contributed by atoms with Gasteiger partial charge in [-0.05, 0) is 43.7 Å². The number of nitrogens with zero attached hydrogens (tertiary/aromatic N) is 1. The Morgan fingerprint density at radius 2 is 2.00 bits per heavy atom. The first-order valence-electron chi connectivity index (χ1n) is 8.20. The average Bonchev–Trinajstić information content (AvgIpc) is 2.61. The number of fused-ring (bicyclic) bond motifs is 1. The molecule has 1 aliphatic heterocycles. The second-order valence-corrected chi connectivity index (χ2v) is 6.41. The van der Waals surface area contributed by atoms with Gasteiger partial charge in [-0.25, -0.2) is 0 Å². The molecular weight excluding hydrogens is 310 g/mol. The van der Waals surface area contributed by atoms with Crippen LogP contribution < -0.4 is 14.2 Å². The van der Waals surface area contributed by atoms with E-state index in [0.29, 0.717) is 43.3 Å². The summed E-state index contributed by atoms with van der Waals surface area (Å²) in [5, 5.41) is 18.9. The van der Waals surface area contributed by atoms with Crippen molar-refractivity contribution in [2.75, 3.05) is 20.3 Å². The molecule has 0 aromatic heterocycles. The maximum Gasteiger partial charge on any atom is 0.303 e. The number of hydrogen-bond donors (Lipinski definition) is 1. The van der Waals surface area contributed by atoms with Crippen molar-refractivity contribution in [3.63, 3.8) is 0 Å². The van der Waals surface area contributed by atoms with Gasteiger partial charge >= 0.3 is 5.97 Å². The number of benzene rings is 1. The van der Waals surface area contributed by atoms with Crippen molar-refractivity contribution in [2.24, 2.45) is 5.92 Å². The lowest BCUT2D eigenvalue weighted by atomic mass is 9.66. The first-order chi connectivity index (χ1) is 11.6. The van der Waals surface area contributed by atoms with Crippen LogP contribution in [0.4, 0.5) is 0 Å². The smallest absolute Gasteiger partial charge is 0.303 e. The van der Waals surface area contributed by atoms with Crippen molar-refractivity contribution in [3.05, 3.63) is 17.7 Å². The second-order valence-electron chi connectivity index (χ2n) is 6.41. The Bertz CT molecular complexity index is 671. The summed E-state index contributed by atoms with van der Waals surface area (Å²) < 4.78 is 16.9. The van der Waals surface area contributed by atoms with E-state index in [9.17, 15) is 10.1 Å². The van der Waals surface area contributed by atoms with Crippen molar-refractivity contribution in [3.8, 4) is 23.3 Å². The SMILES string of the molecule is COc1ccc(C2(C#N)CCC(CC(=O)O)CC2)c2c1OCCO2. The molecule has 0 radical (unpaired) electrons. The molecular formula is C18H21NO5. The number of rotatable bonds is 4. The van der Waals surface area contributed by atoms with Gasteiger partial charge in [-0.1, -0.05) is 0 Å². The summed E-state index contributed by atoms with van der Waals surface area (Å²) in [5.74, 6) is 1.11. The number of methoxy groups -OCH3 is 1. The van der Waals surface area contributed by atoms with Crippen LogP contribution in [0.1, 0.15) is 37.7 Å². The fourth-order valence-corrected chi connectivity index (χ4v) is 3.71. The van der Waals surface area contributed by atoms with E-state index in [-0.39, 0.29) is 12.3 Å². The Labute approximate surface area is 140 Å². The lowest BCUT2D eigenvalue weighted by Crippen LogP contribution is -2.32. The largest absolute Gasteiger partial charge is 0.493 e. The van der Waals surface area contributed by atoms with Gasteiger partial charge in [-0.15, -0.1) is 0 Å². The third-order valence-electron chi connectivity index (χ3n) is 5.02. The van der Waals surface area contributed by atoms with Crippen molar-refractivity contribution < 1.29 is 24.1 Å². The van der Waals surface area contributed by atoms with Gasteiger partial charge in [0.1, 0.15) is 13.2 Å². The van der Waals surface area contributed by atoms with E-state index in [2.05, 4.69) is 6.07 Å². The zero-order valence-corrected chi connectivity index (χ0v) is 13.7. The molecule has 0 bridgehead atoms. The Hall–Kier alpha value is -2.42. The van der Waals surface area contributed by atoms with E-state index in [0.717, 1.165) is 18.4 Å². The molecule has 0 amide bonds. The number of aliphatic carboxylic acids is 1. The quantitative estimate of drug-likeness (QED) is 0.912. The molecule has 1 N–H and O–H groups in total. The Morgan fingerprint density at radius 3 is 2.58 bits per heavy atom. The van der Waals surface area contributed by atoms with Crippen LogP contribution in [0, 0.1) is 17.2 Å². The topological polar surface area (TPSA) is 88.8 Å². The zero-order valence-electron chi connectivity index (χ0n) is 13.7. The number of carboxylic acid groups (broad SMARTS) is 1. The maximum atomic E-state index is 10.9. The fourth-order valence-electron chi connectivity index (χ4n) is 3.71. The lowest BCUT2D eigenvalue weighted by Gasteiger charge is -2.37. The molecule has 1 heterocycles. The summed E-state index contributed by atoms with van der Waals surface area (Å²) >= 11 is 0. The summed E-state index contributed by atoms with van der Waals surface area (Å²) in [7, 11) is 1.57. The molecule has 1 saturated carbocycles. The van der Waals surface area contributed by atoms with Gasteiger partial charge in [0.15, 0.2) is 11.5 Å². The minimum Gasteiger partial charge on any atom is -0.493 e. The number of carbonyl (C=O) groups is 1. The maximum absolute atomic E-state index is 10.9. The predicted molar refractivity (Wildman–Crippen MR) is 85.5 cm³/mol. The van der Waals surface area contributed by atoms with Crippen LogP contribution in [0.25, 0.3) is 0 Å². The van der Waals surface area contributed by atoms with E-state index in [1.165, 1.54) is 0 Å². The number of carboxylic acids is 1. The molecule has 1 aromatic carbocycles. The van der Waals surface area contributed by atoms with Crippen LogP contribution in [0.15, 0.2) is 12.1 Å². The van der Waals surface area contributed by atoms with Gasteiger partial charge in [0.05, 0.1) is 18.6 Å². The minimum absolute atomic E-state index is 0.134. The lowest BCUT2D eigenvalue weighted by molar-refractivity contribution is -0.138. The van der Waals surface area contributed by atoms with E-state index >= 15 is 0 Å². The molecule has 128 valence electrons. The minimum atomic E-state index is -0.775. The van der Waals surface area contributed by atoms with Gasteiger partial charge < -0.3 is 19.3 Å². The van der Waals surface area contributed by atoms with E-state index in [4.69, 9.17) is 19.3 Å². The zero-order chi connectivity index (χ0) is 17.2. The average molecular weight is 331 g/mol. The van der Waals surface area contributed by atoms with Crippen molar-refractivity contribution in [1.29, 1.82) is 5.26 Å². The third-order valence-corrected chi connectivity index (χ3v) is 5.02. The van der Waals surface area contributed by atoms with Crippen molar-refractivity contribution in [2.45, 2.75) is 37.5 Å². The number of ether oxygens (including phenoxy) is 3. The predicted octanol–water partition coefficient (Wildman–Crippen LogP) is 2.89. The molecule has 0 unspecified atom stereocenters. The molecule has 3 rings (SSSR count). The van der Waals surface area contributed by atoms with Gasteiger partial charge in [-0.3, -0.25) is 4.79 Å². The summed E-state index contributed by atoms with van der Waals surface area (Å²) in [6, 6.07) is 6.16. The van der Waals surface area contributed by atoms with E-state index in [1.807, 2.05) is 12.1 Å². The normalized spacial score (nSPS) is 25.6. The number of nitriles is 1. The highest BCUT2D eigenvalue weighted by molar-refractivity contribution is 5.67. The summed E-state index contributed by atoms with van der Waals surface area (Å²) in [5.41, 5.74) is 0.167. The summed E-state index contributed by atoms with van der Waals surface area (Å²) in [4.78, 5) is 10.9. The first-order valence-corrected chi connectivity index (χ1v) is 8.20. The van der Waals surface area contributed by atoms with Gasteiger partial charge in [0, 0.05) is 12.0 Å². The Kier molecular flexibility index (Phi) is 4.52. The van der Waals surface area contributed by atoms with Crippen molar-refractivity contribution >= 4 is 5.97 Å². The molecule has 1 aliphatic carbocycles. The van der Waals surface area contributed by atoms with Crippen LogP contribution >= 0.6 is 0 Å². The first kappa shape index (κ1) is 16.4. The van der Waals surface area contributed by atoms with Crippen LogP contribution in [0.5, 0.6) is 17.2 Å². The van der Waals surface area contributed by atoms with Crippen LogP contribution in [-0.4, -0.2) is 31.4 Å². The number of hydrogen-bond acceptors (Lipinski definition) is 5. The molecule has 0 spiro atoms. The second kappa shape index (κ2) is 6.60. The molecule has 24 heavy (non-hydrogen) atoms. The molecule has 0 atom stereocenters. The highest BCUT2D eigenvalue weighted by Gasteiger charge is 2.41. The highest BCUT2D eigenvalue weighted by Crippen LogP contribution is 2.51. The standard InChI is InChI=1S/C18H21NO5/c1-22-14-3-2-13(16-17(14)24-9-8-23-16)18(11-19)6-4-12(5-7-18)10-15(20)21/h2-3,12H,4-10H2,1H3,(H,20,21). The van der Waals surface area contributed by atoms with E-state index in [1.54, 1.807) is 7.11 Å². The molecule has 6 nitrogen and oxygen atoms in total. The van der Waals surface area contributed by atoms with Crippen molar-refractivity contribution in [1.82, 2.24) is 0 Å². The molecule has 6 heteroatoms. The highest BCUT2D eigenvalue weighted by atomic mass is 16.6. The van der Waals surface area contributed by atoms with E-state index < -0.39 is 11.4 Å². The summed E-state index contributed by atoms with van der Waals surface area (Å²) in [6.45, 7) is 0.892. The van der Waals surface area contributed by atoms with Gasteiger partial charge in [0.2, 0.25) is 5.75 Å². The Balaban J connectivity index is 1.92. The van der Waals surface area contributed by atoms with Crippen LogP contribution in [-0.2, 0) is 10.2 Å². The van der Waals surface area contributed by atoms with Gasteiger partial charge in [0.25, 0.3) is 0 Å². The molecule has 1 aromatic rings. The fraction of sp³-hybridized carbons (Fsp3) is 0.556. The van der Waals surface area contributed by atoms with Crippen LogP contribution in [0.2, 0.25) is 0 Å². The van der Waals surface area contributed by atoms with Gasteiger partial charge in [-0.2, -0.15) is 5.26 Å². The monoisotopic (exact) mass is 331 g/mol.